The van der Waals surface area contributed by atoms with Gasteiger partial charge in [0, 0.05) is 18.7 Å². The smallest absolute Gasteiger partial charge is 0.305 e. The molecular weight excluding hydrogens is 332 g/mol. The highest BCUT2D eigenvalue weighted by molar-refractivity contribution is 7.89. The highest BCUT2D eigenvalue weighted by Gasteiger charge is 2.28. The SMILES string of the molecule is COC(=O)CCCCCNS(=O)(=O)c1ccc2c(c1)[C@@H](C)C(=O)N2. The van der Waals surface area contributed by atoms with Crippen LogP contribution in [0.5, 0.6) is 0 Å². The number of amides is 1. The molecule has 0 saturated heterocycles. The minimum Gasteiger partial charge on any atom is -0.469 e. The van der Waals surface area contributed by atoms with Gasteiger partial charge < -0.3 is 10.1 Å². The van der Waals surface area contributed by atoms with Crippen LogP contribution in [0.2, 0.25) is 0 Å². The van der Waals surface area contributed by atoms with E-state index in [1.54, 1.807) is 13.0 Å². The lowest BCUT2D eigenvalue weighted by Crippen LogP contribution is -2.25. The Hall–Kier alpha value is -1.93. The number of hydrogen-bond acceptors (Lipinski definition) is 5. The van der Waals surface area contributed by atoms with Crippen LogP contribution >= 0.6 is 0 Å². The van der Waals surface area contributed by atoms with Crippen LogP contribution in [0.4, 0.5) is 5.69 Å². The lowest BCUT2D eigenvalue weighted by atomic mass is 10.0. The zero-order valence-electron chi connectivity index (χ0n) is 13.8. The van der Waals surface area contributed by atoms with Gasteiger partial charge in [0.15, 0.2) is 0 Å². The summed E-state index contributed by atoms with van der Waals surface area (Å²) in [6.45, 7) is 2.04. The maximum atomic E-state index is 12.3. The number of benzene rings is 1. The molecule has 1 amide bonds. The number of hydrogen-bond donors (Lipinski definition) is 2. The molecule has 0 saturated carbocycles. The maximum absolute atomic E-state index is 12.3. The minimum atomic E-state index is -3.61. The molecule has 0 radical (unpaired) electrons. The number of carbonyl (C=O) groups is 2. The molecule has 2 N–H and O–H groups in total. The van der Waals surface area contributed by atoms with Gasteiger partial charge in [-0.3, -0.25) is 9.59 Å². The third-order valence-electron chi connectivity index (χ3n) is 4.03. The third kappa shape index (κ3) is 4.33. The Kier molecular flexibility index (Phi) is 5.95. The fraction of sp³-hybridized carbons (Fsp3) is 0.500. The number of carbonyl (C=O) groups excluding carboxylic acids is 2. The third-order valence-corrected chi connectivity index (χ3v) is 5.49. The van der Waals surface area contributed by atoms with Crippen molar-refractivity contribution in [2.24, 2.45) is 0 Å². The van der Waals surface area contributed by atoms with E-state index in [0.29, 0.717) is 37.1 Å². The minimum absolute atomic E-state index is 0.127. The first kappa shape index (κ1) is 18.4. The highest BCUT2D eigenvalue weighted by Crippen LogP contribution is 2.33. The molecule has 0 bridgehead atoms. The number of anilines is 1. The van der Waals surface area contributed by atoms with Gasteiger partial charge in [-0.25, -0.2) is 13.1 Å². The Labute approximate surface area is 141 Å². The number of esters is 1. The van der Waals surface area contributed by atoms with Gasteiger partial charge in [-0.15, -0.1) is 0 Å². The number of ether oxygens (including phenoxy) is 1. The standard InChI is InChI=1S/C16H22N2O5S/c1-11-13-10-12(7-8-14(13)18-16(11)20)24(21,22)17-9-5-3-4-6-15(19)23-2/h7-8,10-11,17H,3-6,9H2,1-2H3,(H,18,20)/t11-/m1/s1. The van der Waals surface area contributed by atoms with Crippen LogP contribution in [0.15, 0.2) is 23.1 Å². The van der Waals surface area contributed by atoms with E-state index >= 15 is 0 Å². The second kappa shape index (κ2) is 7.76. The Balaban J connectivity index is 1.88. The second-order valence-corrected chi connectivity index (χ2v) is 7.51. The van der Waals surface area contributed by atoms with E-state index in [0.717, 1.165) is 6.42 Å². The molecular formula is C16H22N2O5S. The predicted octanol–water partition coefficient (Wildman–Crippen LogP) is 1.75. The van der Waals surface area contributed by atoms with Gasteiger partial charge in [-0.05, 0) is 43.5 Å². The molecule has 1 aliphatic heterocycles. The van der Waals surface area contributed by atoms with Crippen LogP contribution in [0.25, 0.3) is 0 Å². The van der Waals surface area contributed by atoms with Gasteiger partial charge in [-0.2, -0.15) is 0 Å². The summed E-state index contributed by atoms with van der Waals surface area (Å²) in [5, 5.41) is 2.71. The van der Waals surface area contributed by atoms with Crippen LogP contribution in [0, 0.1) is 0 Å². The Morgan fingerprint density at radius 2 is 2.04 bits per heavy atom. The average Bonchev–Trinajstić information content (AvgIpc) is 2.84. The van der Waals surface area contributed by atoms with Gasteiger partial charge in [-0.1, -0.05) is 6.42 Å². The van der Waals surface area contributed by atoms with Crippen molar-refractivity contribution in [2.75, 3.05) is 19.0 Å². The number of sulfonamides is 1. The van der Waals surface area contributed by atoms with Crippen LogP contribution in [-0.2, 0) is 24.3 Å². The molecule has 1 aliphatic rings. The maximum Gasteiger partial charge on any atom is 0.305 e. The van der Waals surface area contributed by atoms with Gasteiger partial charge in [0.05, 0.1) is 17.9 Å². The predicted molar refractivity (Wildman–Crippen MR) is 89.2 cm³/mol. The van der Waals surface area contributed by atoms with Crippen LogP contribution in [0.3, 0.4) is 0 Å². The van der Waals surface area contributed by atoms with E-state index < -0.39 is 10.0 Å². The number of rotatable bonds is 8. The van der Waals surface area contributed by atoms with Gasteiger partial charge in [0.2, 0.25) is 15.9 Å². The Morgan fingerprint density at radius 3 is 2.75 bits per heavy atom. The number of unbranched alkanes of at least 4 members (excludes halogenated alkanes) is 2. The first-order valence-electron chi connectivity index (χ1n) is 7.86. The molecule has 0 unspecified atom stereocenters. The topological polar surface area (TPSA) is 102 Å². The summed E-state index contributed by atoms with van der Waals surface area (Å²) < 4.78 is 31.7. The molecule has 1 atom stereocenters. The van der Waals surface area contributed by atoms with E-state index in [1.165, 1.54) is 19.2 Å². The quantitative estimate of drug-likeness (QED) is 0.547. The van der Waals surface area contributed by atoms with E-state index in [9.17, 15) is 18.0 Å². The van der Waals surface area contributed by atoms with Crippen molar-refractivity contribution in [3.63, 3.8) is 0 Å². The second-order valence-electron chi connectivity index (χ2n) is 5.74. The number of fused-ring (bicyclic) bond motifs is 1. The van der Waals surface area contributed by atoms with E-state index in [1.807, 2.05) is 0 Å². The molecule has 2 rings (SSSR count). The fourth-order valence-electron chi connectivity index (χ4n) is 2.53. The van der Waals surface area contributed by atoms with Crippen LogP contribution in [-0.4, -0.2) is 33.9 Å². The number of nitrogens with one attached hydrogen (secondary N) is 2. The van der Waals surface area contributed by atoms with Gasteiger partial charge in [0.1, 0.15) is 0 Å². The van der Waals surface area contributed by atoms with Gasteiger partial charge in [0.25, 0.3) is 0 Å². The first-order chi connectivity index (χ1) is 11.3. The summed E-state index contributed by atoms with van der Waals surface area (Å²) in [4.78, 5) is 22.7. The summed E-state index contributed by atoms with van der Waals surface area (Å²) in [6.07, 6.45) is 2.38. The fourth-order valence-corrected chi connectivity index (χ4v) is 3.63. The molecule has 8 heteroatoms. The van der Waals surface area contributed by atoms with Crippen molar-refractivity contribution in [2.45, 2.75) is 43.4 Å². The molecule has 1 aromatic carbocycles. The molecule has 1 heterocycles. The largest absolute Gasteiger partial charge is 0.469 e. The lowest BCUT2D eigenvalue weighted by Gasteiger charge is -2.09. The van der Waals surface area contributed by atoms with Gasteiger partial charge >= 0.3 is 5.97 Å². The molecule has 7 nitrogen and oxygen atoms in total. The molecule has 24 heavy (non-hydrogen) atoms. The van der Waals surface area contributed by atoms with Crippen molar-refractivity contribution in [1.82, 2.24) is 4.72 Å². The van der Waals surface area contributed by atoms with Crippen molar-refractivity contribution < 1.29 is 22.7 Å². The van der Waals surface area contributed by atoms with Crippen molar-refractivity contribution in [1.29, 1.82) is 0 Å². The van der Waals surface area contributed by atoms with Crippen molar-refractivity contribution >= 4 is 27.6 Å². The molecule has 1 aromatic rings. The van der Waals surface area contributed by atoms with E-state index in [4.69, 9.17) is 0 Å². The Bertz CT molecular complexity index is 730. The summed E-state index contributed by atoms with van der Waals surface area (Å²) in [5.41, 5.74) is 1.36. The summed E-state index contributed by atoms with van der Waals surface area (Å²) in [5.74, 6) is -0.738. The van der Waals surface area contributed by atoms with Crippen LogP contribution in [0.1, 0.15) is 44.1 Å². The summed E-state index contributed by atoms with van der Waals surface area (Å²) in [6, 6.07) is 4.63. The molecule has 0 aromatic heterocycles. The Morgan fingerprint density at radius 1 is 1.29 bits per heavy atom. The zero-order chi connectivity index (χ0) is 17.7. The van der Waals surface area contributed by atoms with Crippen molar-refractivity contribution in [3.8, 4) is 0 Å². The first-order valence-corrected chi connectivity index (χ1v) is 9.35. The normalized spacial score (nSPS) is 16.6. The summed E-state index contributed by atoms with van der Waals surface area (Å²) >= 11 is 0. The summed E-state index contributed by atoms with van der Waals surface area (Å²) in [7, 11) is -2.27. The average molecular weight is 354 g/mol. The van der Waals surface area contributed by atoms with Crippen molar-refractivity contribution in [3.05, 3.63) is 23.8 Å². The zero-order valence-corrected chi connectivity index (χ0v) is 14.6. The molecule has 0 spiro atoms. The van der Waals surface area contributed by atoms with Crippen LogP contribution < -0.4 is 10.0 Å². The lowest BCUT2D eigenvalue weighted by molar-refractivity contribution is -0.140. The monoisotopic (exact) mass is 354 g/mol. The van der Waals surface area contributed by atoms with E-state index in [-0.39, 0.29) is 22.7 Å². The van der Waals surface area contributed by atoms with E-state index in [2.05, 4.69) is 14.8 Å². The molecule has 0 fully saturated rings. The number of methoxy groups -OCH3 is 1. The molecule has 132 valence electrons. The molecule has 0 aliphatic carbocycles. The highest BCUT2D eigenvalue weighted by atomic mass is 32.2.